The number of rotatable bonds is 1. The predicted octanol–water partition coefficient (Wildman–Crippen LogP) is 2.79. The van der Waals surface area contributed by atoms with Crippen LogP contribution in [0.15, 0.2) is 30.0 Å². The highest BCUT2D eigenvalue weighted by atomic mass is 14.9. The second-order valence-corrected chi connectivity index (χ2v) is 3.81. The number of hydrogen-bond donors (Lipinski definition) is 1. The highest BCUT2D eigenvalue weighted by Gasteiger charge is 2.10. The maximum atomic E-state index is 3.44. The molecule has 1 heterocycles. The van der Waals surface area contributed by atoms with Gasteiger partial charge >= 0.3 is 0 Å². The Morgan fingerprint density at radius 2 is 2.00 bits per heavy atom. The van der Waals surface area contributed by atoms with Gasteiger partial charge in [-0.05, 0) is 23.1 Å². The standard InChI is InChI=1S/C12H15N/c1-9(2)12-7-10-5-3-4-6-11(10)8-13-12/h3-7,9,13H,8H2,1-2H3. The Bertz CT molecular complexity index is 337. The van der Waals surface area contributed by atoms with Crippen LogP contribution in [0.25, 0.3) is 6.08 Å². The van der Waals surface area contributed by atoms with Gasteiger partial charge in [-0.3, -0.25) is 0 Å². The van der Waals surface area contributed by atoms with Crippen molar-refractivity contribution in [1.29, 1.82) is 0 Å². The Labute approximate surface area is 79.5 Å². The molecular formula is C12H15N. The molecule has 0 bridgehead atoms. The van der Waals surface area contributed by atoms with Crippen LogP contribution in [0.1, 0.15) is 25.0 Å². The Balaban J connectivity index is 2.38. The van der Waals surface area contributed by atoms with Crippen LogP contribution in [0, 0.1) is 5.92 Å². The molecule has 2 rings (SSSR count). The summed E-state index contributed by atoms with van der Waals surface area (Å²) in [6, 6.07) is 8.54. The fourth-order valence-corrected chi connectivity index (χ4v) is 1.62. The summed E-state index contributed by atoms with van der Waals surface area (Å²) in [6.45, 7) is 5.40. The van der Waals surface area contributed by atoms with Gasteiger partial charge in [0.25, 0.3) is 0 Å². The molecule has 1 nitrogen and oxygen atoms in total. The van der Waals surface area contributed by atoms with E-state index in [1.54, 1.807) is 0 Å². The van der Waals surface area contributed by atoms with E-state index in [1.165, 1.54) is 16.8 Å². The van der Waals surface area contributed by atoms with Crippen molar-refractivity contribution in [2.75, 3.05) is 0 Å². The van der Waals surface area contributed by atoms with Crippen molar-refractivity contribution in [3.05, 3.63) is 41.1 Å². The van der Waals surface area contributed by atoms with Crippen LogP contribution in [-0.2, 0) is 6.54 Å². The lowest BCUT2D eigenvalue weighted by molar-refractivity contribution is 0.651. The summed E-state index contributed by atoms with van der Waals surface area (Å²) in [5.41, 5.74) is 4.11. The van der Waals surface area contributed by atoms with Crippen LogP contribution in [0.5, 0.6) is 0 Å². The second kappa shape index (κ2) is 3.25. The molecule has 0 saturated heterocycles. The van der Waals surface area contributed by atoms with E-state index in [1.807, 2.05) is 0 Å². The Morgan fingerprint density at radius 1 is 1.23 bits per heavy atom. The first-order valence-electron chi connectivity index (χ1n) is 4.81. The summed E-state index contributed by atoms with van der Waals surface area (Å²) in [5.74, 6) is 0.591. The van der Waals surface area contributed by atoms with Crippen LogP contribution in [-0.4, -0.2) is 0 Å². The highest BCUT2D eigenvalue weighted by Crippen LogP contribution is 2.20. The minimum atomic E-state index is 0.591. The van der Waals surface area contributed by atoms with Crippen LogP contribution in [0.2, 0.25) is 0 Å². The maximum absolute atomic E-state index is 3.44. The average Bonchev–Trinajstić information content (AvgIpc) is 2.17. The molecule has 1 aliphatic rings. The van der Waals surface area contributed by atoms with Gasteiger partial charge < -0.3 is 5.32 Å². The molecule has 0 unspecified atom stereocenters. The molecule has 0 amide bonds. The van der Waals surface area contributed by atoms with E-state index in [0.29, 0.717) is 5.92 Å². The van der Waals surface area contributed by atoms with Gasteiger partial charge in [-0.1, -0.05) is 38.1 Å². The zero-order valence-electron chi connectivity index (χ0n) is 8.17. The molecule has 1 aromatic rings. The van der Waals surface area contributed by atoms with Crippen molar-refractivity contribution in [2.45, 2.75) is 20.4 Å². The van der Waals surface area contributed by atoms with Crippen molar-refractivity contribution in [1.82, 2.24) is 5.32 Å². The van der Waals surface area contributed by atoms with Gasteiger partial charge in [0.1, 0.15) is 0 Å². The zero-order chi connectivity index (χ0) is 9.26. The summed E-state index contributed by atoms with van der Waals surface area (Å²) in [6.07, 6.45) is 2.25. The lowest BCUT2D eigenvalue weighted by Gasteiger charge is -2.21. The quantitative estimate of drug-likeness (QED) is 0.688. The highest BCUT2D eigenvalue weighted by molar-refractivity contribution is 5.58. The number of nitrogens with one attached hydrogen (secondary N) is 1. The van der Waals surface area contributed by atoms with E-state index in [0.717, 1.165) is 6.54 Å². The van der Waals surface area contributed by atoms with Gasteiger partial charge in [0.05, 0.1) is 0 Å². The summed E-state index contributed by atoms with van der Waals surface area (Å²) >= 11 is 0. The van der Waals surface area contributed by atoms with Crippen molar-refractivity contribution in [2.24, 2.45) is 5.92 Å². The van der Waals surface area contributed by atoms with Crippen LogP contribution >= 0.6 is 0 Å². The van der Waals surface area contributed by atoms with Crippen molar-refractivity contribution in [3.63, 3.8) is 0 Å². The fraction of sp³-hybridized carbons (Fsp3) is 0.333. The van der Waals surface area contributed by atoms with E-state index >= 15 is 0 Å². The predicted molar refractivity (Wildman–Crippen MR) is 56.1 cm³/mol. The third-order valence-electron chi connectivity index (χ3n) is 2.47. The second-order valence-electron chi connectivity index (χ2n) is 3.81. The molecule has 1 aliphatic heterocycles. The molecule has 13 heavy (non-hydrogen) atoms. The topological polar surface area (TPSA) is 12.0 Å². The number of fused-ring (bicyclic) bond motifs is 1. The third kappa shape index (κ3) is 1.59. The van der Waals surface area contributed by atoms with Crippen LogP contribution < -0.4 is 5.32 Å². The van der Waals surface area contributed by atoms with Gasteiger partial charge in [-0.15, -0.1) is 0 Å². The summed E-state index contributed by atoms with van der Waals surface area (Å²) in [7, 11) is 0. The van der Waals surface area contributed by atoms with Crippen LogP contribution in [0.3, 0.4) is 0 Å². The van der Waals surface area contributed by atoms with Gasteiger partial charge in [-0.2, -0.15) is 0 Å². The minimum Gasteiger partial charge on any atom is -0.384 e. The molecule has 0 aliphatic carbocycles. The maximum Gasteiger partial charge on any atom is 0.0403 e. The minimum absolute atomic E-state index is 0.591. The molecular weight excluding hydrogens is 158 g/mol. The average molecular weight is 173 g/mol. The van der Waals surface area contributed by atoms with E-state index in [4.69, 9.17) is 0 Å². The first-order chi connectivity index (χ1) is 6.27. The number of hydrogen-bond acceptors (Lipinski definition) is 1. The van der Waals surface area contributed by atoms with E-state index in [-0.39, 0.29) is 0 Å². The monoisotopic (exact) mass is 173 g/mol. The van der Waals surface area contributed by atoms with E-state index < -0.39 is 0 Å². The third-order valence-corrected chi connectivity index (χ3v) is 2.47. The van der Waals surface area contributed by atoms with Crippen molar-refractivity contribution >= 4 is 6.08 Å². The molecule has 0 aromatic heterocycles. The molecule has 1 heteroatoms. The van der Waals surface area contributed by atoms with Gasteiger partial charge in [0.2, 0.25) is 0 Å². The lowest BCUT2D eigenvalue weighted by atomic mass is 9.99. The molecule has 68 valence electrons. The fourth-order valence-electron chi connectivity index (χ4n) is 1.62. The first-order valence-corrected chi connectivity index (χ1v) is 4.81. The summed E-state index contributed by atoms with van der Waals surface area (Å²) in [4.78, 5) is 0. The van der Waals surface area contributed by atoms with E-state index in [9.17, 15) is 0 Å². The number of allylic oxidation sites excluding steroid dienone is 1. The summed E-state index contributed by atoms with van der Waals surface area (Å²) < 4.78 is 0. The largest absolute Gasteiger partial charge is 0.384 e. The molecule has 0 saturated carbocycles. The Kier molecular flexibility index (Phi) is 2.09. The normalized spacial score (nSPS) is 14.8. The van der Waals surface area contributed by atoms with Crippen LogP contribution in [0.4, 0.5) is 0 Å². The Morgan fingerprint density at radius 3 is 2.77 bits per heavy atom. The van der Waals surface area contributed by atoms with Gasteiger partial charge in [-0.25, -0.2) is 0 Å². The molecule has 0 spiro atoms. The number of benzene rings is 1. The zero-order valence-corrected chi connectivity index (χ0v) is 8.17. The lowest BCUT2D eigenvalue weighted by Crippen LogP contribution is -2.20. The van der Waals surface area contributed by atoms with Gasteiger partial charge in [0.15, 0.2) is 0 Å². The Hall–Kier alpha value is -1.24. The smallest absolute Gasteiger partial charge is 0.0403 e. The van der Waals surface area contributed by atoms with Crippen molar-refractivity contribution < 1.29 is 0 Å². The molecule has 0 radical (unpaired) electrons. The molecule has 0 fully saturated rings. The molecule has 0 atom stereocenters. The van der Waals surface area contributed by atoms with E-state index in [2.05, 4.69) is 49.5 Å². The molecule has 1 aromatic carbocycles. The molecule has 1 N–H and O–H groups in total. The first kappa shape index (κ1) is 8.36. The van der Waals surface area contributed by atoms with Gasteiger partial charge in [0, 0.05) is 12.2 Å². The van der Waals surface area contributed by atoms with Crippen molar-refractivity contribution in [3.8, 4) is 0 Å². The SMILES string of the molecule is CC(C)C1=Cc2ccccc2CN1. The summed E-state index contributed by atoms with van der Waals surface area (Å²) in [5, 5.41) is 3.44.